The molecule has 0 unspecified atom stereocenters. The van der Waals surface area contributed by atoms with Crippen LogP contribution in [-0.2, 0) is 0 Å². The van der Waals surface area contributed by atoms with Gasteiger partial charge in [-0.3, -0.25) is 0 Å². The number of anilines is 1. The number of hydrogen-bond donors (Lipinski definition) is 1. The van der Waals surface area contributed by atoms with Crippen LogP contribution in [0.4, 0.5) is 10.3 Å². The zero-order valence-electron chi connectivity index (χ0n) is 8.54. The lowest BCUT2D eigenvalue weighted by Gasteiger charge is -2.05. The Morgan fingerprint density at radius 2 is 2.06 bits per heavy atom. The summed E-state index contributed by atoms with van der Waals surface area (Å²) in [4.78, 5) is 7.96. The molecular formula is C11H9BrFN3. The van der Waals surface area contributed by atoms with Crippen LogP contribution in [0.3, 0.4) is 0 Å². The van der Waals surface area contributed by atoms with Crippen molar-refractivity contribution in [1.82, 2.24) is 9.97 Å². The molecule has 0 aliphatic rings. The van der Waals surface area contributed by atoms with Gasteiger partial charge in [0.15, 0.2) is 0 Å². The van der Waals surface area contributed by atoms with Gasteiger partial charge in [-0.15, -0.1) is 0 Å². The minimum Gasteiger partial charge on any atom is -0.368 e. The molecular weight excluding hydrogens is 273 g/mol. The van der Waals surface area contributed by atoms with Crippen molar-refractivity contribution in [2.75, 3.05) is 5.73 Å². The number of nitrogen functional groups attached to an aromatic ring is 1. The van der Waals surface area contributed by atoms with Crippen LogP contribution in [0.2, 0.25) is 0 Å². The highest BCUT2D eigenvalue weighted by molar-refractivity contribution is 9.10. The van der Waals surface area contributed by atoms with E-state index < -0.39 is 0 Å². The molecule has 0 saturated carbocycles. The van der Waals surface area contributed by atoms with Crippen LogP contribution in [0.25, 0.3) is 11.3 Å². The summed E-state index contributed by atoms with van der Waals surface area (Å²) in [7, 11) is 0. The van der Waals surface area contributed by atoms with E-state index in [4.69, 9.17) is 5.73 Å². The van der Waals surface area contributed by atoms with Gasteiger partial charge in [-0.2, -0.15) is 0 Å². The van der Waals surface area contributed by atoms with Crippen molar-refractivity contribution < 1.29 is 4.39 Å². The predicted octanol–water partition coefficient (Wildman–Crippen LogP) is 2.94. The molecule has 2 aromatic rings. The number of aryl methyl sites for hydroxylation is 1. The summed E-state index contributed by atoms with van der Waals surface area (Å²) in [5.41, 5.74) is 7.14. The number of rotatable bonds is 1. The van der Waals surface area contributed by atoms with Gasteiger partial charge in [-0.1, -0.05) is 6.07 Å². The molecule has 0 aliphatic carbocycles. The molecule has 1 aromatic carbocycles. The van der Waals surface area contributed by atoms with Crippen LogP contribution in [0.1, 0.15) is 5.69 Å². The molecule has 16 heavy (non-hydrogen) atoms. The molecule has 0 aliphatic heterocycles. The van der Waals surface area contributed by atoms with Crippen molar-refractivity contribution in [3.63, 3.8) is 0 Å². The molecule has 2 rings (SSSR count). The van der Waals surface area contributed by atoms with Crippen molar-refractivity contribution in [1.29, 1.82) is 0 Å². The van der Waals surface area contributed by atoms with E-state index in [-0.39, 0.29) is 11.8 Å². The standard InChI is InChI=1S/C11H9BrFN3/c1-6-5-9(16-11(14)15-6)7-3-2-4-8(12)10(7)13/h2-5H,1H3,(H2,14,15,16). The molecule has 0 fully saturated rings. The number of halogens is 2. The fourth-order valence-electron chi connectivity index (χ4n) is 1.43. The maximum absolute atomic E-state index is 13.8. The lowest BCUT2D eigenvalue weighted by molar-refractivity contribution is 0.624. The van der Waals surface area contributed by atoms with Crippen molar-refractivity contribution >= 4 is 21.9 Å². The molecule has 2 N–H and O–H groups in total. The van der Waals surface area contributed by atoms with E-state index in [0.717, 1.165) is 0 Å². The monoisotopic (exact) mass is 281 g/mol. The summed E-state index contributed by atoms with van der Waals surface area (Å²) in [5, 5.41) is 0. The number of benzene rings is 1. The second kappa shape index (κ2) is 4.17. The van der Waals surface area contributed by atoms with E-state index in [1.807, 2.05) is 0 Å². The first kappa shape index (κ1) is 11.0. The first-order valence-electron chi connectivity index (χ1n) is 4.63. The number of nitrogens with zero attached hydrogens (tertiary/aromatic N) is 2. The third-order valence-electron chi connectivity index (χ3n) is 2.10. The molecule has 0 spiro atoms. The van der Waals surface area contributed by atoms with Crippen LogP contribution < -0.4 is 5.73 Å². The van der Waals surface area contributed by atoms with E-state index in [1.165, 1.54) is 0 Å². The molecule has 0 atom stereocenters. The van der Waals surface area contributed by atoms with E-state index >= 15 is 0 Å². The molecule has 0 saturated heterocycles. The Morgan fingerprint density at radius 1 is 1.31 bits per heavy atom. The van der Waals surface area contributed by atoms with E-state index in [9.17, 15) is 4.39 Å². The first-order chi connectivity index (χ1) is 7.58. The minimum absolute atomic E-state index is 0.148. The number of aromatic nitrogens is 2. The molecule has 0 amide bonds. The van der Waals surface area contributed by atoms with Crippen LogP contribution in [0.5, 0.6) is 0 Å². The zero-order valence-corrected chi connectivity index (χ0v) is 10.1. The number of hydrogen-bond acceptors (Lipinski definition) is 3. The van der Waals surface area contributed by atoms with Gasteiger partial charge in [0.1, 0.15) is 5.82 Å². The topological polar surface area (TPSA) is 51.8 Å². The average molecular weight is 282 g/mol. The number of nitrogens with two attached hydrogens (primary N) is 1. The maximum atomic E-state index is 13.8. The fourth-order valence-corrected chi connectivity index (χ4v) is 1.80. The van der Waals surface area contributed by atoms with Crippen molar-refractivity contribution in [2.45, 2.75) is 6.92 Å². The molecule has 0 bridgehead atoms. The van der Waals surface area contributed by atoms with Crippen LogP contribution >= 0.6 is 15.9 Å². The highest BCUT2D eigenvalue weighted by Gasteiger charge is 2.10. The lowest BCUT2D eigenvalue weighted by atomic mass is 10.1. The third-order valence-corrected chi connectivity index (χ3v) is 2.71. The Bertz CT molecular complexity index is 522. The van der Waals surface area contributed by atoms with Gasteiger partial charge in [0.2, 0.25) is 5.95 Å². The maximum Gasteiger partial charge on any atom is 0.220 e. The van der Waals surface area contributed by atoms with Gasteiger partial charge in [-0.05, 0) is 41.1 Å². The Hall–Kier alpha value is -1.49. The van der Waals surface area contributed by atoms with Gasteiger partial charge in [0, 0.05) is 11.3 Å². The summed E-state index contributed by atoms with van der Waals surface area (Å²) < 4.78 is 14.2. The van der Waals surface area contributed by atoms with E-state index in [1.54, 1.807) is 31.2 Å². The largest absolute Gasteiger partial charge is 0.368 e. The fraction of sp³-hybridized carbons (Fsp3) is 0.0909. The smallest absolute Gasteiger partial charge is 0.220 e. The molecule has 0 radical (unpaired) electrons. The summed E-state index contributed by atoms with van der Waals surface area (Å²) >= 11 is 3.13. The van der Waals surface area contributed by atoms with Crippen LogP contribution in [0.15, 0.2) is 28.7 Å². The van der Waals surface area contributed by atoms with Crippen LogP contribution in [-0.4, -0.2) is 9.97 Å². The van der Waals surface area contributed by atoms with Gasteiger partial charge in [-0.25, -0.2) is 14.4 Å². The second-order valence-electron chi connectivity index (χ2n) is 3.35. The third kappa shape index (κ3) is 2.04. The predicted molar refractivity (Wildman–Crippen MR) is 64.3 cm³/mol. The summed E-state index contributed by atoms with van der Waals surface area (Å²) in [6, 6.07) is 6.73. The second-order valence-corrected chi connectivity index (χ2v) is 4.21. The van der Waals surface area contributed by atoms with E-state index in [0.29, 0.717) is 21.4 Å². The molecule has 82 valence electrons. The van der Waals surface area contributed by atoms with Crippen molar-refractivity contribution in [3.05, 3.63) is 40.2 Å². The normalized spacial score (nSPS) is 10.4. The van der Waals surface area contributed by atoms with Gasteiger partial charge >= 0.3 is 0 Å². The SMILES string of the molecule is Cc1cc(-c2cccc(Br)c2F)nc(N)n1. The molecule has 5 heteroatoms. The Kier molecular flexibility index (Phi) is 2.87. The Balaban J connectivity index is 2.63. The quantitative estimate of drug-likeness (QED) is 0.874. The summed E-state index contributed by atoms with van der Waals surface area (Å²) in [6.07, 6.45) is 0. The highest BCUT2D eigenvalue weighted by Crippen LogP contribution is 2.26. The van der Waals surface area contributed by atoms with Gasteiger partial charge in [0.05, 0.1) is 10.2 Å². The molecule has 1 aromatic heterocycles. The molecule has 3 nitrogen and oxygen atoms in total. The van der Waals surface area contributed by atoms with Gasteiger partial charge in [0.25, 0.3) is 0 Å². The first-order valence-corrected chi connectivity index (χ1v) is 5.43. The summed E-state index contributed by atoms with van der Waals surface area (Å²) in [6.45, 7) is 1.79. The zero-order chi connectivity index (χ0) is 11.7. The van der Waals surface area contributed by atoms with E-state index in [2.05, 4.69) is 25.9 Å². The summed E-state index contributed by atoms with van der Waals surface area (Å²) in [5.74, 6) is -0.200. The minimum atomic E-state index is -0.347. The Labute approximate surface area is 101 Å². The highest BCUT2D eigenvalue weighted by atomic mass is 79.9. The van der Waals surface area contributed by atoms with Gasteiger partial charge < -0.3 is 5.73 Å². The molecule has 1 heterocycles. The van der Waals surface area contributed by atoms with Crippen LogP contribution in [0, 0.1) is 12.7 Å². The van der Waals surface area contributed by atoms with Crippen molar-refractivity contribution in [2.24, 2.45) is 0 Å². The Morgan fingerprint density at radius 3 is 2.75 bits per heavy atom. The van der Waals surface area contributed by atoms with Crippen molar-refractivity contribution in [3.8, 4) is 11.3 Å². The average Bonchev–Trinajstić information content (AvgIpc) is 2.20. The lowest BCUT2D eigenvalue weighted by Crippen LogP contribution is -1.99.